The van der Waals surface area contributed by atoms with Crippen molar-refractivity contribution in [1.29, 1.82) is 0 Å². The summed E-state index contributed by atoms with van der Waals surface area (Å²) < 4.78 is 7.19. The summed E-state index contributed by atoms with van der Waals surface area (Å²) in [6, 6.07) is 9.50. The maximum atomic E-state index is 13.2. The zero-order valence-electron chi connectivity index (χ0n) is 19.6. The van der Waals surface area contributed by atoms with E-state index in [9.17, 15) is 9.59 Å². The molecule has 0 spiro atoms. The van der Waals surface area contributed by atoms with Crippen LogP contribution < -0.4 is 5.32 Å². The molecule has 0 bridgehead atoms. The van der Waals surface area contributed by atoms with Crippen molar-refractivity contribution in [2.24, 2.45) is 13.0 Å². The van der Waals surface area contributed by atoms with E-state index in [0.29, 0.717) is 26.2 Å². The molecule has 0 unspecified atom stereocenters. The van der Waals surface area contributed by atoms with E-state index in [0.717, 1.165) is 22.5 Å². The number of anilines is 1. The topological polar surface area (TPSA) is 66.8 Å². The Morgan fingerprint density at radius 3 is 2.48 bits per heavy atom. The molecular weight excluding hydrogens is 392 g/mol. The third-order valence-corrected chi connectivity index (χ3v) is 5.37. The quantitative estimate of drug-likeness (QED) is 0.626. The summed E-state index contributed by atoms with van der Waals surface area (Å²) in [6.07, 6.45) is 1.96. The second-order valence-electron chi connectivity index (χ2n) is 8.37. The lowest BCUT2D eigenvalue weighted by Gasteiger charge is -2.29. The van der Waals surface area contributed by atoms with Gasteiger partial charge in [0.1, 0.15) is 6.54 Å². The Labute approximate surface area is 186 Å². The standard InChI is InChI=1S/C24H36N4O3/c1-18(2)15-28(24(30)25-22-11-7-9-19(3)20(22)4)17-23(29)27(13-14-31-6)16-21-10-8-12-26(21)5/h7-12,18H,13-17H2,1-6H3,(H,25,30). The van der Waals surface area contributed by atoms with Crippen molar-refractivity contribution < 1.29 is 14.3 Å². The number of hydrogen-bond acceptors (Lipinski definition) is 3. The lowest BCUT2D eigenvalue weighted by Crippen LogP contribution is -2.46. The van der Waals surface area contributed by atoms with E-state index in [-0.39, 0.29) is 24.4 Å². The van der Waals surface area contributed by atoms with Crippen molar-refractivity contribution >= 4 is 17.6 Å². The Kier molecular flexibility index (Phi) is 9.12. The predicted octanol–water partition coefficient (Wildman–Crippen LogP) is 3.81. The molecule has 2 aromatic rings. The predicted molar refractivity (Wildman–Crippen MR) is 124 cm³/mol. The van der Waals surface area contributed by atoms with Crippen molar-refractivity contribution in [2.75, 3.05) is 38.7 Å². The van der Waals surface area contributed by atoms with E-state index < -0.39 is 0 Å². The fraction of sp³-hybridized carbons (Fsp3) is 0.500. The molecule has 2 rings (SSSR count). The highest BCUT2D eigenvalue weighted by atomic mass is 16.5. The molecule has 1 aromatic carbocycles. The highest BCUT2D eigenvalue weighted by Gasteiger charge is 2.23. The summed E-state index contributed by atoms with van der Waals surface area (Å²) in [6.45, 7) is 9.95. The van der Waals surface area contributed by atoms with E-state index in [1.807, 2.05) is 75.8 Å². The Bertz CT molecular complexity index is 875. The number of carbonyl (C=O) groups is 2. The van der Waals surface area contributed by atoms with E-state index >= 15 is 0 Å². The van der Waals surface area contributed by atoms with E-state index in [1.54, 1.807) is 16.9 Å². The first-order valence-corrected chi connectivity index (χ1v) is 10.7. The van der Waals surface area contributed by atoms with Crippen LogP contribution in [0, 0.1) is 19.8 Å². The van der Waals surface area contributed by atoms with Crippen molar-refractivity contribution in [3.63, 3.8) is 0 Å². The Hall–Kier alpha value is -2.80. The lowest BCUT2D eigenvalue weighted by atomic mass is 10.1. The van der Waals surface area contributed by atoms with Gasteiger partial charge < -0.3 is 24.4 Å². The smallest absolute Gasteiger partial charge is 0.322 e. The van der Waals surface area contributed by atoms with Gasteiger partial charge in [-0.2, -0.15) is 0 Å². The van der Waals surface area contributed by atoms with Gasteiger partial charge in [-0.15, -0.1) is 0 Å². The van der Waals surface area contributed by atoms with Crippen LogP contribution in [0.3, 0.4) is 0 Å². The Morgan fingerprint density at radius 1 is 1.13 bits per heavy atom. The van der Waals surface area contributed by atoms with Gasteiger partial charge in [0.05, 0.1) is 13.2 Å². The maximum absolute atomic E-state index is 13.2. The van der Waals surface area contributed by atoms with Crippen LogP contribution in [0.4, 0.5) is 10.5 Å². The first-order valence-electron chi connectivity index (χ1n) is 10.7. The number of hydrogen-bond donors (Lipinski definition) is 1. The van der Waals surface area contributed by atoms with Crippen molar-refractivity contribution in [3.8, 4) is 0 Å². The van der Waals surface area contributed by atoms with Gasteiger partial charge in [-0.3, -0.25) is 4.79 Å². The number of ether oxygens (including phenoxy) is 1. The largest absolute Gasteiger partial charge is 0.383 e. The van der Waals surface area contributed by atoms with Crippen LogP contribution in [0.5, 0.6) is 0 Å². The summed E-state index contributed by atoms with van der Waals surface area (Å²) in [4.78, 5) is 29.6. The van der Waals surface area contributed by atoms with Crippen LogP contribution in [-0.2, 0) is 23.1 Å². The molecule has 7 heteroatoms. The van der Waals surface area contributed by atoms with Gasteiger partial charge in [-0.1, -0.05) is 26.0 Å². The molecule has 1 N–H and O–H groups in total. The molecule has 1 aromatic heterocycles. The summed E-state index contributed by atoms with van der Waals surface area (Å²) in [5.41, 5.74) is 3.93. The molecular formula is C24H36N4O3. The third kappa shape index (κ3) is 7.14. The van der Waals surface area contributed by atoms with Crippen LogP contribution in [0.15, 0.2) is 36.5 Å². The average molecular weight is 429 g/mol. The summed E-state index contributed by atoms with van der Waals surface area (Å²) in [7, 11) is 3.57. The highest BCUT2D eigenvalue weighted by molar-refractivity contribution is 5.93. The molecule has 0 aliphatic rings. The summed E-state index contributed by atoms with van der Waals surface area (Å²) >= 11 is 0. The number of methoxy groups -OCH3 is 1. The monoisotopic (exact) mass is 428 g/mol. The number of aryl methyl sites for hydroxylation is 2. The number of benzene rings is 1. The Morgan fingerprint density at radius 2 is 1.87 bits per heavy atom. The van der Waals surface area contributed by atoms with Crippen LogP contribution in [0.1, 0.15) is 30.7 Å². The zero-order valence-corrected chi connectivity index (χ0v) is 19.6. The molecule has 7 nitrogen and oxygen atoms in total. The molecule has 3 amide bonds. The van der Waals surface area contributed by atoms with Crippen LogP contribution in [0.2, 0.25) is 0 Å². The zero-order chi connectivity index (χ0) is 23.0. The van der Waals surface area contributed by atoms with Crippen molar-refractivity contribution in [1.82, 2.24) is 14.4 Å². The second-order valence-corrected chi connectivity index (χ2v) is 8.37. The number of carbonyl (C=O) groups excluding carboxylic acids is 2. The minimum Gasteiger partial charge on any atom is -0.383 e. The van der Waals surface area contributed by atoms with Gasteiger partial charge in [0.25, 0.3) is 0 Å². The first kappa shape index (κ1) is 24.5. The van der Waals surface area contributed by atoms with Gasteiger partial charge in [0, 0.05) is 44.8 Å². The fourth-order valence-corrected chi connectivity index (χ4v) is 3.35. The highest BCUT2D eigenvalue weighted by Crippen LogP contribution is 2.19. The minimum absolute atomic E-state index is 0.0169. The number of amides is 3. The molecule has 0 saturated carbocycles. The van der Waals surface area contributed by atoms with Crippen molar-refractivity contribution in [2.45, 2.75) is 34.2 Å². The number of nitrogens with zero attached hydrogens (tertiary/aromatic N) is 3. The van der Waals surface area contributed by atoms with E-state index in [2.05, 4.69) is 5.32 Å². The van der Waals surface area contributed by atoms with Gasteiger partial charge in [0.2, 0.25) is 5.91 Å². The van der Waals surface area contributed by atoms with Crippen molar-refractivity contribution in [3.05, 3.63) is 53.3 Å². The number of rotatable bonds is 10. The van der Waals surface area contributed by atoms with E-state index in [4.69, 9.17) is 4.74 Å². The van der Waals surface area contributed by atoms with Crippen LogP contribution in [0.25, 0.3) is 0 Å². The molecule has 0 fully saturated rings. The molecule has 0 aliphatic heterocycles. The molecule has 0 radical (unpaired) electrons. The SMILES string of the molecule is COCCN(Cc1cccn1C)C(=O)CN(CC(C)C)C(=O)Nc1cccc(C)c1C. The molecule has 0 atom stereocenters. The summed E-state index contributed by atoms with van der Waals surface area (Å²) in [5.74, 6) is 0.132. The second kappa shape index (κ2) is 11.6. The van der Waals surface area contributed by atoms with Gasteiger partial charge >= 0.3 is 6.03 Å². The van der Waals surface area contributed by atoms with E-state index in [1.165, 1.54) is 0 Å². The Balaban J connectivity index is 2.15. The molecule has 0 saturated heterocycles. The molecule has 0 aliphatic carbocycles. The normalized spacial score (nSPS) is 10.9. The van der Waals surface area contributed by atoms with Gasteiger partial charge in [0.15, 0.2) is 0 Å². The van der Waals surface area contributed by atoms with Crippen LogP contribution >= 0.6 is 0 Å². The summed E-state index contributed by atoms with van der Waals surface area (Å²) in [5, 5.41) is 2.99. The first-order chi connectivity index (χ1) is 14.7. The fourth-order valence-electron chi connectivity index (χ4n) is 3.35. The van der Waals surface area contributed by atoms with Gasteiger partial charge in [-0.05, 0) is 49.1 Å². The van der Waals surface area contributed by atoms with Crippen LogP contribution in [-0.4, -0.2) is 59.7 Å². The third-order valence-electron chi connectivity index (χ3n) is 5.37. The number of aromatic nitrogens is 1. The lowest BCUT2D eigenvalue weighted by molar-refractivity contribution is -0.133. The molecule has 31 heavy (non-hydrogen) atoms. The van der Waals surface area contributed by atoms with Gasteiger partial charge in [-0.25, -0.2) is 4.79 Å². The number of nitrogens with one attached hydrogen (secondary N) is 1. The number of urea groups is 1. The average Bonchev–Trinajstić information content (AvgIpc) is 3.12. The maximum Gasteiger partial charge on any atom is 0.322 e. The molecule has 170 valence electrons. The minimum atomic E-state index is -0.263. The molecule has 1 heterocycles.